The van der Waals surface area contributed by atoms with Crippen molar-refractivity contribution in [3.8, 4) is 0 Å². The lowest BCUT2D eigenvalue weighted by Gasteiger charge is -2.42. The Labute approximate surface area is 244 Å². The standard InChI is InChI=1S/C37H58O3/c1-27-16-22-33(36(27)40)30(20-21-31-12-5-6-15-34(31)38)19-17-28-10-9-11-29(26-28)18-23-35(39)37(24-7-8-25-37)32-13-3-2-4-14-32/h3,6,9-10,13,15,27-30,32-33,35-36,38-40H,2,4-5,7-8,11-12,14,16-26H2,1H3. The first kappa shape index (κ1) is 30.1. The first-order valence-corrected chi connectivity index (χ1v) is 17.2. The van der Waals surface area contributed by atoms with E-state index >= 15 is 0 Å². The number of aliphatic hydroxyl groups excluding tert-OH is 3. The van der Waals surface area contributed by atoms with E-state index in [0.29, 0.717) is 41.3 Å². The second kappa shape index (κ2) is 14.2. The molecule has 40 heavy (non-hydrogen) atoms. The molecule has 3 heteroatoms. The van der Waals surface area contributed by atoms with Crippen LogP contribution >= 0.6 is 0 Å². The third kappa shape index (κ3) is 7.17. The van der Waals surface area contributed by atoms with Crippen molar-refractivity contribution in [1.29, 1.82) is 0 Å². The summed E-state index contributed by atoms with van der Waals surface area (Å²) >= 11 is 0. The third-order valence-electron chi connectivity index (χ3n) is 12.1. The molecule has 0 aromatic carbocycles. The molecule has 8 atom stereocenters. The Kier molecular flexibility index (Phi) is 10.7. The summed E-state index contributed by atoms with van der Waals surface area (Å²) in [7, 11) is 0. The van der Waals surface area contributed by atoms with E-state index in [0.717, 1.165) is 51.4 Å². The highest BCUT2D eigenvalue weighted by molar-refractivity contribution is 5.23. The van der Waals surface area contributed by atoms with Crippen LogP contribution in [0.25, 0.3) is 0 Å². The van der Waals surface area contributed by atoms with Crippen LogP contribution in [0.2, 0.25) is 0 Å². The Balaban J connectivity index is 1.14. The van der Waals surface area contributed by atoms with E-state index in [1.54, 1.807) is 0 Å². The summed E-state index contributed by atoms with van der Waals surface area (Å²) in [6.45, 7) is 2.21. The summed E-state index contributed by atoms with van der Waals surface area (Å²) in [6, 6.07) is 0. The Hall–Kier alpha value is -1.32. The van der Waals surface area contributed by atoms with E-state index in [-0.39, 0.29) is 17.6 Å². The average Bonchev–Trinajstić information content (AvgIpc) is 3.61. The van der Waals surface area contributed by atoms with E-state index in [1.807, 2.05) is 6.08 Å². The van der Waals surface area contributed by atoms with Crippen LogP contribution in [-0.2, 0) is 0 Å². The van der Waals surface area contributed by atoms with Crippen molar-refractivity contribution in [1.82, 2.24) is 0 Å². The molecule has 0 heterocycles. The van der Waals surface area contributed by atoms with Crippen LogP contribution in [0.15, 0.2) is 47.8 Å². The van der Waals surface area contributed by atoms with E-state index in [1.165, 1.54) is 76.2 Å². The molecule has 224 valence electrons. The Morgan fingerprint density at radius 2 is 1.77 bits per heavy atom. The highest BCUT2D eigenvalue weighted by Crippen LogP contribution is 2.52. The van der Waals surface area contributed by atoms with Crippen LogP contribution in [0.1, 0.15) is 129 Å². The Morgan fingerprint density at radius 3 is 2.50 bits per heavy atom. The first-order valence-electron chi connectivity index (χ1n) is 17.2. The molecule has 0 aliphatic heterocycles. The fourth-order valence-electron chi connectivity index (χ4n) is 9.52. The van der Waals surface area contributed by atoms with Gasteiger partial charge in [-0.05, 0) is 156 Å². The molecular weight excluding hydrogens is 492 g/mol. The van der Waals surface area contributed by atoms with Crippen LogP contribution in [0.3, 0.4) is 0 Å². The highest BCUT2D eigenvalue weighted by atomic mass is 16.3. The molecule has 2 saturated carbocycles. The second-order valence-electron chi connectivity index (χ2n) is 14.5. The fraction of sp³-hybridized carbons (Fsp3) is 0.784. The van der Waals surface area contributed by atoms with Crippen LogP contribution in [0.4, 0.5) is 0 Å². The molecule has 0 saturated heterocycles. The Bertz CT molecular complexity index is 922. The van der Waals surface area contributed by atoms with E-state index in [9.17, 15) is 15.3 Å². The number of rotatable bonds is 12. The van der Waals surface area contributed by atoms with Crippen LogP contribution in [0.5, 0.6) is 0 Å². The van der Waals surface area contributed by atoms with Crippen molar-refractivity contribution >= 4 is 0 Å². The lowest BCUT2D eigenvalue weighted by molar-refractivity contribution is -0.0161. The second-order valence-corrected chi connectivity index (χ2v) is 14.5. The minimum absolute atomic E-state index is 0.144. The van der Waals surface area contributed by atoms with Crippen LogP contribution in [-0.4, -0.2) is 27.5 Å². The maximum atomic E-state index is 11.6. The number of hydrogen-bond donors (Lipinski definition) is 3. The summed E-state index contributed by atoms with van der Waals surface area (Å²) in [4.78, 5) is 0. The monoisotopic (exact) mass is 550 g/mol. The van der Waals surface area contributed by atoms with Gasteiger partial charge in [0.25, 0.3) is 0 Å². The maximum Gasteiger partial charge on any atom is 0.114 e. The molecule has 5 aliphatic rings. The van der Waals surface area contributed by atoms with Gasteiger partial charge in [-0.1, -0.05) is 50.1 Å². The molecule has 5 rings (SSSR count). The van der Waals surface area contributed by atoms with E-state index in [2.05, 4.69) is 37.3 Å². The van der Waals surface area contributed by atoms with Gasteiger partial charge in [-0.25, -0.2) is 0 Å². The predicted molar refractivity (Wildman–Crippen MR) is 166 cm³/mol. The van der Waals surface area contributed by atoms with E-state index in [4.69, 9.17) is 0 Å². The van der Waals surface area contributed by atoms with Crippen LogP contribution < -0.4 is 0 Å². The van der Waals surface area contributed by atoms with Gasteiger partial charge in [-0.15, -0.1) is 0 Å². The quantitative estimate of drug-likeness (QED) is 0.212. The molecule has 5 aliphatic carbocycles. The zero-order valence-corrected chi connectivity index (χ0v) is 25.4. The zero-order valence-electron chi connectivity index (χ0n) is 25.4. The number of hydrogen-bond acceptors (Lipinski definition) is 3. The molecule has 0 radical (unpaired) electrons. The van der Waals surface area contributed by atoms with Gasteiger partial charge in [0, 0.05) is 5.41 Å². The molecule has 0 amide bonds. The predicted octanol–water partition coefficient (Wildman–Crippen LogP) is 9.37. The van der Waals surface area contributed by atoms with E-state index < -0.39 is 0 Å². The van der Waals surface area contributed by atoms with Gasteiger partial charge in [0.2, 0.25) is 0 Å². The molecule has 0 aromatic heterocycles. The zero-order chi connectivity index (χ0) is 28.0. The lowest BCUT2D eigenvalue weighted by Crippen LogP contribution is -2.40. The van der Waals surface area contributed by atoms with Gasteiger partial charge in [0.05, 0.1) is 12.2 Å². The minimum atomic E-state index is -0.170. The normalized spacial score (nSPS) is 35.4. The largest absolute Gasteiger partial charge is 0.508 e. The van der Waals surface area contributed by atoms with Gasteiger partial charge in [0.1, 0.15) is 5.76 Å². The molecule has 8 unspecified atom stereocenters. The summed E-state index contributed by atoms with van der Waals surface area (Å²) in [5.41, 5.74) is 1.36. The van der Waals surface area contributed by atoms with Gasteiger partial charge in [-0.2, -0.15) is 0 Å². The molecule has 3 nitrogen and oxygen atoms in total. The van der Waals surface area contributed by atoms with Crippen molar-refractivity contribution in [2.75, 3.05) is 0 Å². The smallest absolute Gasteiger partial charge is 0.114 e. The van der Waals surface area contributed by atoms with Crippen molar-refractivity contribution in [3.63, 3.8) is 0 Å². The molecule has 3 N–H and O–H groups in total. The minimum Gasteiger partial charge on any atom is -0.508 e. The van der Waals surface area contributed by atoms with Crippen LogP contribution in [0, 0.1) is 40.9 Å². The van der Waals surface area contributed by atoms with Gasteiger partial charge < -0.3 is 15.3 Å². The van der Waals surface area contributed by atoms with Crippen molar-refractivity contribution < 1.29 is 15.3 Å². The first-order chi connectivity index (χ1) is 19.5. The third-order valence-corrected chi connectivity index (χ3v) is 12.1. The van der Waals surface area contributed by atoms with Crippen molar-refractivity contribution in [3.05, 3.63) is 47.8 Å². The molecule has 0 aromatic rings. The summed E-state index contributed by atoms with van der Waals surface area (Å²) in [5, 5.41) is 33.0. The molecule has 0 bridgehead atoms. The molecule has 2 fully saturated rings. The maximum absolute atomic E-state index is 11.6. The number of allylic oxidation sites excluding steroid dienone is 7. The average molecular weight is 551 g/mol. The number of aliphatic hydroxyl groups is 3. The lowest BCUT2D eigenvalue weighted by atomic mass is 9.65. The summed E-state index contributed by atoms with van der Waals surface area (Å²) in [6.07, 6.45) is 35.5. The summed E-state index contributed by atoms with van der Waals surface area (Å²) in [5.74, 6) is 3.75. The van der Waals surface area contributed by atoms with Crippen molar-refractivity contribution in [2.45, 2.75) is 141 Å². The SMILES string of the molecule is CC1CCC(C(CCC2=C(O)C=CCC2)CCC2C=CCC(CCC(O)C3(C4C=CCCC4)CCCC3)C2)C1O. The van der Waals surface area contributed by atoms with Gasteiger partial charge in [0.15, 0.2) is 0 Å². The molecule has 0 spiro atoms. The summed E-state index contributed by atoms with van der Waals surface area (Å²) < 4.78 is 0. The fourth-order valence-corrected chi connectivity index (χ4v) is 9.52. The Morgan fingerprint density at radius 1 is 0.925 bits per heavy atom. The van der Waals surface area contributed by atoms with Gasteiger partial charge in [-0.3, -0.25) is 0 Å². The highest BCUT2D eigenvalue weighted by Gasteiger charge is 2.45. The van der Waals surface area contributed by atoms with Gasteiger partial charge >= 0.3 is 0 Å². The van der Waals surface area contributed by atoms with Crippen molar-refractivity contribution in [2.24, 2.45) is 40.9 Å². The topological polar surface area (TPSA) is 60.7 Å². The molecular formula is C37H58O3.